The Hall–Kier alpha value is -4.10. The molecule has 0 bridgehead atoms. The van der Waals surface area contributed by atoms with Gasteiger partial charge in [0.25, 0.3) is 17.7 Å². The molecule has 3 amide bonds. The number of para-hydroxylation sites is 1. The molecule has 32 heavy (non-hydrogen) atoms. The molecule has 0 atom stereocenters. The molecule has 0 radical (unpaired) electrons. The fourth-order valence-electron chi connectivity index (χ4n) is 3.28. The van der Waals surface area contributed by atoms with Crippen LogP contribution < -0.4 is 15.5 Å². The maximum atomic E-state index is 13.0. The smallest absolute Gasteiger partial charge is 0.283 e. The highest BCUT2D eigenvalue weighted by Crippen LogP contribution is 2.32. The number of halogens is 1. The average Bonchev–Trinajstić information content (AvgIpc) is 2.99. The summed E-state index contributed by atoms with van der Waals surface area (Å²) in [7, 11) is 0. The molecule has 1 aliphatic rings. The van der Waals surface area contributed by atoms with Crippen LogP contribution in [-0.4, -0.2) is 22.8 Å². The van der Waals surface area contributed by atoms with Gasteiger partial charge in [-0.25, -0.2) is 4.90 Å². The van der Waals surface area contributed by atoms with E-state index < -0.39 is 11.8 Å². The molecule has 0 saturated carbocycles. The number of hydrogen-bond acceptors (Lipinski definition) is 5. The van der Waals surface area contributed by atoms with E-state index in [-0.39, 0.29) is 22.4 Å². The first-order valence-corrected chi connectivity index (χ1v) is 10.0. The number of amides is 3. The molecule has 3 aromatic rings. The Kier molecular flexibility index (Phi) is 5.66. The summed E-state index contributed by atoms with van der Waals surface area (Å²) >= 11 is 6.20. The SMILES string of the molecule is Cc1ccccc1N1C(=O)C(Cl)=C(Nc2cccc(C(=O)Nc3ccc(O)cc3)c2)C1=O. The van der Waals surface area contributed by atoms with Gasteiger partial charge in [-0.3, -0.25) is 14.4 Å². The third kappa shape index (κ3) is 4.06. The monoisotopic (exact) mass is 447 g/mol. The molecular formula is C24H18ClN3O4. The third-order valence-corrected chi connectivity index (χ3v) is 5.25. The Balaban J connectivity index is 1.55. The van der Waals surface area contributed by atoms with Gasteiger partial charge in [-0.2, -0.15) is 0 Å². The lowest BCUT2D eigenvalue weighted by Crippen LogP contribution is -2.32. The van der Waals surface area contributed by atoms with Gasteiger partial charge in [0.1, 0.15) is 16.5 Å². The predicted octanol–water partition coefficient (Wildman–Crippen LogP) is 4.39. The summed E-state index contributed by atoms with van der Waals surface area (Å²) in [5.41, 5.74) is 2.42. The highest BCUT2D eigenvalue weighted by Gasteiger charge is 2.39. The second kappa shape index (κ2) is 8.56. The largest absolute Gasteiger partial charge is 0.508 e. The summed E-state index contributed by atoms with van der Waals surface area (Å²) in [6.07, 6.45) is 0. The minimum atomic E-state index is -0.616. The first-order valence-electron chi connectivity index (χ1n) is 9.67. The molecule has 0 aliphatic carbocycles. The number of aryl methyl sites for hydroxylation is 1. The normalized spacial score (nSPS) is 13.5. The molecular weight excluding hydrogens is 430 g/mol. The van der Waals surface area contributed by atoms with Crippen LogP contribution in [0.1, 0.15) is 15.9 Å². The van der Waals surface area contributed by atoms with Gasteiger partial charge in [-0.15, -0.1) is 0 Å². The van der Waals surface area contributed by atoms with Crippen molar-refractivity contribution < 1.29 is 19.5 Å². The van der Waals surface area contributed by atoms with Crippen molar-refractivity contribution in [3.8, 4) is 5.75 Å². The number of benzene rings is 3. The van der Waals surface area contributed by atoms with Crippen LogP contribution in [0.15, 0.2) is 83.5 Å². The highest BCUT2D eigenvalue weighted by molar-refractivity contribution is 6.53. The number of nitrogens with one attached hydrogen (secondary N) is 2. The summed E-state index contributed by atoms with van der Waals surface area (Å²) in [5.74, 6) is -1.48. The molecule has 1 heterocycles. The quantitative estimate of drug-likeness (QED) is 0.398. The van der Waals surface area contributed by atoms with E-state index in [1.165, 1.54) is 12.1 Å². The van der Waals surface area contributed by atoms with Crippen LogP contribution in [0.3, 0.4) is 0 Å². The van der Waals surface area contributed by atoms with Gasteiger partial charge >= 0.3 is 0 Å². The first kappa shape index (κ1) is 21.1. The van der Waals surface area contributed by atoms with Gasteiger partial charge in [0.15, 0.2) is 0 Å². The lowest BCUT2D eigenvalue weighted by molar-refractivity contribution is -0.120. The Morgan fingerprint density at radius 3 is 2.34 bits per heavy atom. The molecule has 160 valence electrons. The second-order valence-corrected chi connectivity index (χ2v) is 7.51. The number of phenolic OH excluding ortho intramolecular Hbond substituents is 1. The van der Waals surface area contributed by atoms with Crippen LogP contribution in [0.25, 0.3) is 0 Å². The summed E-state index contributed by atoms with van der Waals surface area (Å²) in [4.78, 5) is 39.2. The Labute approximate surface area is 188 Å². The molecule has 7 nitrogen and oxygen atoms in total. The molecule has 4 rings (SSSR count). The van der Waals surface area contributed by atoms with Crippen molar-refractivity contribution in [1.29, 1.82) is 0 Å². The van der Waals surface area contributed by atoms with E-state index in [1.807, 2.05) is 6.07 Å². The van der Waals surface area contributed by atoms with Crippen molar-refractivity contribution in [2.75, 3.05) is 15.5 Å². The number of carbonyl (C=O) groups excluding carboxylic acids is 3. The number of hydrogen-bond donors (Lipinski definition) is 3. The lowest BCUT2D eigenvalue weighted by Gasteiger charge is -2.17. The van der Waals surface area contributed by atoms with Gasteiger partial charge in [-0.1, -0.05) is 35.9 Å². The number of phenols is 1. The molecule has 0 unspecified atom stereocenters. The van der Waals surface area contributed by atoms with E-state index in [2.05, 4.69) is 10.6 Å². The second-order valence-electron chi connectivity index (χ2n) is 7.13. The third-order valence-electron chi connectivity index (χ3n) is 4.90. The molecule has 8 heteroatoms. The van der Waals surface area contributed by atoms with Gasteiger partial charge < -0.3 is 15.7 Å². The van der Waals surface area contributed by atoms with Gasteiger partial charge in [0, 0.05) is 16.9 Å². The van der Waals surface area contributed by atoms with E-state index in [0.717, 1.165) is 10.5 Å². The summed E-state index contributed by atoms with van der Waals surface area (Å²) in [6, 6.07) is 19.5. The summed E-state index contributed by atoms with van der Waals surface area (Å²) < 4.78 is 0. The number of nitrogens with zero attached hydrogens (tertiary/aromatic N) is 1. The first-order chi connectivity index (χ1) is 15.3. The van der Waals surface area contributed by atoms with E-state index >= 15 is 0 Å². The number of imide groups is 1. The lowest BCUT2D eigenvalue weighted by atomic mass is 10.1. The van der Waals surface area contributed by atoms with Crippen molar-refractivity contribution in [2.24, 2.45) is 0 Å². The fourth-order valence-corrected chi connectivity index (χ4v) is 3.49. The number of anilines is 3. The van der Waals surface area contributed by atoms with Crippen molar-refractivity contribution >= 4 is 46.4 Å². The van der Waals surface area contributed by atoms with Gasteiger partial charge in [0.05, 0.1) is 5.69 Å². The molecule has 3 N–H and O–H groups in total. The van der Waals surface area contributed by atoms with Crippen LogP contribution >= 0.6 is 11.6 Å². The Morgan fingerprint density at radius 1 is 0.906 bits per heavy atom. The number of aromatic hydroxyl groups is 1. The van der Waals surface area contributed by atoms with Crippen LogP contribution in [0, 0.1) is 6.92 Å². The van der Waals surface area contributed by atoms with E-state index in [4.69, 9.17) is 11.6 Å². The van der Waals surface area contributed by atoms with Crippen molar-refractivity contribution in [3.63, 3.8) is 0 Å². The molecule has 0 aromatic heterocycles. The van der Waals surface area contributed by atoms with Gasteiger partial charge in [-0.05, 0) is 61.0 Å². The Bertz CT molecular complexity index is 1270. The van der Waals surface area contributed by atoms with Crippen LogP contribution in [-0.2, 0) is 9.59 Å². The Morgan fingerprint density at radius 2 is 1.62 bits per heavy atom. The predicted molar refractivity (Wildman–Crippen MR) is 123 cm³/mol. The number of carbonyl (C=O) groups is 3. The van der Waals surface area contributed by atoms with Crippen molar-refractivity contribution in [3.05, 3.63) is 94.7 Å². The van der Waals surface area contributed by atoms with E-state index in [1.54, 1.807) is 61.5 Å². The average molecular weight is 448 g/mol. The van der Waals surface area contributed by atoms with Crippen LogP contribution in [0.2, 0.25) is 0 Å². The van der Waals surface area contributed by atoms with Crippen molar-refractivity contribution in [2.45, 2.75) is 6.92 Å². The standard InChI is InChI=1S/C24H18ClN3O4/c1-14-5-2-3-8-19(14)28-23(31)20(25)21(24(28)32)26-17-7-4-6-15(13-17)22(30)27-16-9-11-18(29)12-10-16/h2-13,26,29H,1H3,(H,27,30). The molecule has 1 aliphatic heterocycles. The van der Waals surface area contributed by atoms with E-state index in [9.17, 15) is 19.5 Å². The van der Waals surface area contributed by atoms with Crippen LogP contribution in [0.5, 0.6) is 5.75 Å². The number of rotatable bonds is 5. The zero-order valence-electron chi connectivity index (χ0n) is 16.9. The highest BCUT2D eigenvalue weighted by atomic mass is 35.5. The minimum absolute atomic E-state index is 0.0592. The van der Waals surface area contributed by atoms with E-state index in [0.29, 0.717) is 22.6 Å². The maximum Gasteiger partial charge on any atom is 0.283 e. The fraction of sp³-hybridized carbons (Fsp3) is 0.0417. The summed E-state index contributed by atoms with van der Waals surface area (Å²) in [6.45, 7) is 1.80. The maximum absolute atomic E-state index is 13.0. The van der Waals surface area contributed by atoms with Gasteiger partial charge in [0.2, 0.25) is 0 Å². The van der Waals surface area contributed by atoms with Crippen LogP contribution in [0.4, 0.5) is 17.1 Å². The minimum Gasteiger partial charge on any atom is -0.508 e. The topological polar surface area (TPSA) is 98.7 Å². The molecule has 0 spiro atoms. The summed E-state index contributed by atoms with van der Waals surface area (Å²) in [5, 5.41) is 14.7. The molecule has 3 aromatic carbocycles. The zero-order chi connectivity index (χ0) is 22.8. The molecule has 0 saturated heterocycles. The molecule has 0 fully saturated rings. The van der Waals surface area contributed by atoms with Crippen molar-refractivity contribution in [1.82, 2.24) is 0 Å². The zero-order valence-corrected chi connectivity index (χ0v) is 17.7.